The van der Waals surface area contributed by atoms with Gasteiger partial charge in [0.25, 0.3) is 0 Å². The van der Waals surface area contributed by atoms with Gasteiger partial charge in [-0.25, -0.2) is 0 Å². The summed E-state index contributed by atoms with van der Waals surface area (Å²) in [5, 5.41) is 3.12. The minimum atomic E-state index is -0.627. The van der Waals surface area contributed by atoms with E-state index in [4.69, 9.17) is 4.74 Å². The molecule has 3 aromatic carbocycles. The van der Waals surface area contributed by atoms with E-state index in [2.05, 4.69) is 36.5 Å². The Kier molecular flexibility index (Phi) is 10.1. The average molecular weight is 487 g/mol. The summed E-state index contributed by atoms with van der Waals surface area (Å²) in [6, 6.07) is 25.2. The van der Waals surface area contributed by atoms with E-state index >= 15 is 0 Å². The Labute approximate surface area is 215 Å². The number of hydrogen-bond donors (Lipinski definition) is 1. The van der Waals surface area contributed by atoms with Crippen molar-refractivity contribution in [3.05, 3.63) is 101 Å². The van der Waals surface area contributed by atoms with Crippen LogP contribution in [-0.2, 0) is 29.0 Å². The molecule has 0 saturated carbocycles. The molecule has 190 valence electrons. The molecule has 2 atom stereocenters. The molecule has 1 N–H and O–H groups in total. The summed E-state index contributed by atoms with van der Waals surface area (Å²) in [6.07, 6.45) is 2.22. The molecule has 0 aliphatic rings. The van der Waals surface area contributed by atoms with Crippen LogP contribution in [0.2, 0.25) is 0 Å². The van der Waals surface area contributed by atoms with Crippen LogP contribution in [-0.4, -0.2) is 35.9 Å². The molecule has 0 aliphatic carbocycles. The van der Waals surface area contributed by atoms with Gasteiger partial charge in [-0.3, -0.25) is 9.59 Å². The Morgan fingerprint density at radius 3 is 2.28 bits per heavy atom. The molecule has 5 heteroatoms. The minimum Gasteiger partial charge on any atom is -0.497 e. The van der Waals surface area contributed by atoms with Crippen LogP contribution >= 0.6 is 0 Å². The summed E-state index contributed by atoms with van der Waals surface area (Å²) >= 11 is 0. The van der Waals surface area contributed by atoms with Gasteiger partial charge in [-0.05, 0) is 55.5 Å². The van der Waals surface area contributed by atoms with Gasteiger partial charge in [-0.15, -0.1) is 0 Å². The summed E-state index contributed by atoms with van der Waals surface area (Å²) in [5.74, 6) is 0.557. The lowest BCUT2D eigenvalue weighted by atomic mass is 10.0. The highest BCUT2D eigenvalue weighted by Crippen LogP contribution is 2.20. The molecule has 0 unspecified atom stereocenters. The molecular formula is C31H38N2O3. The molecule has 0 spiro atoms. The Balaban J connectivity index is 1.92. The topological polar surface area (TPSA) is 58.6 Å². The number of carbonyl (C=O) groups is 2. The second-order valence-corrected chi connectivity index (χ2v) is 9.38. The quantitative estimate of drug-likeness (QED) is 0.368. The van der Waals surface area contributed by atoms with Gasteiger partial charge >= 0.3 is 0 Å². The smallest absolute Gasteiger partial charge is 0.243 e. The van der Waals surface area contributed by atoms with Crippen LogP contribution in [0.4, 0.5) is 0 Å². The third kappa shape index (κ3) is 7.98. The second kappa shape index (κ2) is 13.5. The molecule has 0 saturated heterocycles. The maximum Gasteiger partial charge on any atom is 0.243 e. The maximum absolute atomic E-state index is 13.7. The molecular weight excluding hydrogens is 448 g/mol. The van der Waals surface area contributed by atoms with Crippen LogP contribution in [0.5, 0.6) is 5.75 Å². The van der Waals surface area contributed by atoms with Gasteiger partial charge in [-0.2, -0.15) is 0 Å². The lowest BCUT2D eigenvalue weighted by Crippen LogP contribution is -2.52. The maximum atomic E-state index is 13.7. The number of benzene rings is 3. The molecule has 36 heavy (non-hydrogen) atoms. The zero-order valence-electron chi connectivity index (χ0n) is 21.9. The van der Waals surface area contributed by atoms with Crippen LogP contribution < -0.4 is 10.1 Å². The third-order valence-corrected chi connectivity index (χ3v) is 6.51. The number of nitrogens with one attached hydrogen (secondary N) is 1. The van der Waals surface area contributed by atoms with E-state index in [1.54, 1.807) is 12.0 Å². The highest BCUT2D eigenvalue weighted by molar-refractivity contribution is 5.88. The van der Waals surface area contributed by atoms with Crippen molar-refractivity contribution >= 4 is 11.8 Å². The number of ether oxygens (including phenoxy) is 1. The van der Waals surface area contributed by atoms with Gasteiger partial charge in [-0.1, -0.05) is 79.2 Å². The van der Waals surface area contributed by atoms with Crippen LogP contribution in [0.15, 0.2) is 78.9 Å². The summed E-state index contributed by atoms with van der Waals surface area (Å²) in [6.45, 7) is 6.41. The first-order chi connectivity index (χ1) is 17.4. The summed E-state index contributed by atoms with van der Waals surface area (Å²) in [5.41, 5.74) is 4.24. The van der Waals surface area contributed by atoms with E-state index in [-0.39, 0.29) is 17.9 Å². The van der Waals surface area contributed by atoms with Gasteiger partial charge in [0.05, 0.1) is 7.11 Å². The van der Waals surface area contributed by atoms with Crippen molar-refractivity contribution in [1.82, 2.24) is 10.2 Å². The molecule has 0 fully saturated rings. The number of rotatable bonds is 12. The highest BCUT2D eigenvalue weighted by atomic mass is 16.5. The van der Waals surface area contributed by atoms with Crippen molar-refractivity contribution in [2.24, 2.45) is 0 Å². The predicted molar refractivity (Wildman–Crippen MR) is 145 cm³/mol. The lowest BCUT2D eigenvalue weighted by molar-refractivity contribution is -0.141. The second-order valence-electron chi connectivity index (χ2n) is 9.38. The predicted octanol–water partition coefficient (Wildman–Crippen LogP) is 5.49. The van der Waals surface area contributed by atoms with E-state index < -0.39 is 6.04 Å². The first-order valence-corrected chi connectivity index (χ1v) is 12.7. The van der Waals surface area contributed by atoms with Gasteiger partial charge < -0.3 is 15.0 Å². The fourth-order valence-corrected chi connectivity index (χ4v) is 4.11. The SMILES string of the molecule is CC[C@H](C)NC(=O)[C@H](Cc1ccccc1)N(Cc1cccc(OC)c1)C(=O)CCc1ccc(C)cc1. The Bertz CT molecular complexity index is 1110. The number of aryl methyl sites for hydroxylation is 2. The molecule has 0 aromatic heterocycles. The van der Waals surface area contributed by atoms with Crippen molar-refractivity contribution in [3.63, 3.8) is 0 Å². The monoisotopic (exact) mass is 486 g/mol. The van der Waals surface area contributed by atoms with Crippen LogP contribution in [0, 0.1) is 6.92 Å². The number of hydrogen-bond acceptors (Lipinski definition) is 3. The van der Waals surface area contributed by atoms with E-state index in [0.29, 0.717) is 25.8 Å². The van der Waals surface area contributed by atoms with E-state index in [1.807, 2.05) is 68.4 Å². The minimum absolute atomic E-state index is 0.0251. The lowest BCUT2D eigenvalue weighted by Gasteiger charge is -2.32. The van der Waals surface area contributed by atoms with Crippen molar-refractivity contribution in [1.29, 1.82) is 0 Å². The normalized spacial score (nSPS) is 12.4. The van der Waals surface area contributed by atoms with Crippen LogP contribution in [0.3, 0.4) is 0 Å². The van der Waals surface area contributed by atoms with Gasteiger partial charge in [0.2, 0.25) is 11.8 Å². The highest BCUT2D eigenvalue weighted by Gasteiger charge is 2.30. The summed E-state index contributed by atoms with van der Waals surface area (Å²) < 4.78 is 5.40. The zero-order chi connectivity index (χ0) is 25.9. The molecule has 5 nitrogen and oxygen atoms in total. The molecule has 0 radical (unpaired) electrons. The largest absolute Gasteiger partial charge is 0.497 e. The van der Waals surface area contributed by atoms with Crippen molar-refractivity contribution in [3.8, 4) is 5.75 Å². The van der Waals surface area contributed by atoms with Crippen LogP contribution in [0.1, 0.15) is 48.9 Å². The number of amides is 2. The molecule has 3 aromatic rings. The first kappa shape index (κ1) is 27.0. The van der Waals surface area contributed by atoms with Crippen LogP contribution in [0.25, 0.3) is 0 Å². The van der Waals surface area contributed by atoms with E-state index in [0.717, 1.165) is 28.9 Å². The van der Waals surface area contributed by atoms with Crippen molar-refractivity contribution in [2.75, 3.05) is 7.11 Å². The number of methoxy groups -OCH3 is 1. The summed E-state index contributed by atoms with van der Waals surface area (Å²) in [7, 11) is 1.63. The average Bonchev–Trinajstić information content (AvgIpc) is 2.90. The molecule has 0 aliphatic heterocycles. The van der Waals surface area contributed by atoms with E-state index in [1.165, 1.54) is 5.56 Å². The van der Waals surface area contributed by atoms with E-state index in [9.17, 15) is 9.59 Å². The fourth-order valence-electron chi connectivity index (χ4n) is 4.11. The Morgan fingerprint density at radius 2 is 1.61 bits per heavy atom. The molecule has 0 heterocycles. The first-order valence-electron chi connectivity index (χ1n) is 12.7. The van der Waals surface area contributed by atoms with Crippen molar-refractivity contribution in [2.45, 2.75) is 65.1 Å². The Morgan fingerprint density at radius 1 is 0.917 bits per heavy atom. The van der Waals surface area contributed by atoms with Gasteiger partial charge in [0.1, 0.15) is 11.8 Å². The fraction of sp³-hybridized carbons (Fsp3) is 0.355. The zero-order valence-corrected chi connectivity index (χ0v) is 21.9. The standard InChI is InChI=1S/C31H38N2O3/c1-5-24(3)32-31(35)29(21-26-10-7-6-8-11-26)33(22-27-12-9-13-28(20-27)36-4)30(34)19-18-25-16-14-23(2)15-17-25/h6-17,20,24,29H,5,18-19,21-22H2,1-4H3,(H,32,35)/t24-,29-/m0/s1. The third-order valence-electron chi connectivity index (χ3n) is 6.51. The number of nitrogens with zero attached hydrogens (tertiary/aromatic N) is 1. The molecule has 0 bridgehead atoms. The van der Waals surface area contributed by atoms with Gasteiger partial charge in [0.15, 0.2) is 0 Å². The van der Waals surface area contributed by atoms with Crippen molar-refractivity contribution < 1.29 is 14.3 Å². The molecule has 2 amide bonds. The Hall–Kier alpha value is -3.60. The molecule has 3 rings (SSSR count). The number of carbonyl (C=O) groups excluding carboxylic acids is 2. The van der Waals surface area contributed by atoms with Gasteiger partial charge in [0, 0.05) is 25.4 Å². The summed E-state index contributed by atoms with van der Waals surface area (Å²) in [4.78, 5) is 29.1.